The number of cyclic esters (lactones) is 1. The predicted molar refractivity (Wildman–Crippen MR) is 125 cm³/mol. The van der Waals surface area contributed by atoms with E-state index in [1.807, 2.05) is 42.6 Å². The molecule has 0 aliphatic carbocycles. The van der Waals surface area contributed by atoms with Crippen LogP contribution in [-0.2, 0) is 4.74 Å². The molecule has 176 valence electrons. The summed E-state index contributed by atoms with van der Waals surface area (Å²) in [7, 11) is 1.62. The number of piperazine rings is 1. The van der Waals surface area contributed by atoms with Crippen LogP contribution in [0.2, 0.25) is 0 Å². The zero-order valence-electron chi connectivity index (χ0n) is 18.8. The van der Waals surface area contributed by atoms with Crippen molar-refractivity contribution in [1.82, 2.24) is 14.9 Å². The fourth-order valence-electron chi connectivity index (χ4n) is 4.70. The summed E-state index contributed by atoms with van der Waals surface area (Å²) in [5.41, 5.74) is 3.51. The van der Waals surface area contributed by atoms with Crippen LogP contribution >= 0.6 is 0 Å². The van der Waals surface area contributed by atoms with Gasteiger partial charge in [0, 0.05) is 51.1 Å². The first-order chi connectivity index (χ1) is 16.7. The number of rotatable bonds is 5. The van der Waals surface area contributed by atoms with E-state index in [0.717, 1.165) is 48.6 Å². The third-order valence-electron chi connectivity index (χ3n) is 6.46. The van der Waals surface area contributed by atoms with Gasteiger partial charge in [0.2, 0.25) is 12.7 Å². The molecule has 10 heteroatoms. The van der Waals surface area contributed by atoms with Crippen molar-refractivity contribution in [2.24, 2.45) is 0 Å². The van der Waals surface area contributed by atoms with E-state index in [1.54, 1.807) is 12.0 Å². The van der Waals surface area contributed by atoms with Crippen LogP contribution in [0, 0.1) is 0 Å². The third kappa shape index (κ3) is 3.79. The zero-order chi connectivity index (χ0) is 23.1. The summed E-state index contributed by atoms with van der Waals surface area (Å²) in [4.78, 5) is 27.9. The molecule has 2 aromatic heterocycles. The molecule has 0 radical (unpaired) electrons. The Kier molecular flexibility index (Phi) is 5.21. The van der Waals surface area contributed by atoms with Gasteiger partial charge >= 0.3 is 6.09 Å². The van der Waals surface area contributed by atoms with Crippen LogP contribution in [0.3, 0.4) is 0 Å². The van der Waals surface area contributed by atoms with Crippen molar-refractivity contribution in [3.8, 4) is 17.4 Å². The van der Waals surface area contributed by atoms with Crippen LogP contribution in [0.4, 0.5) is 16.2 Å². The standard InChI is InChI=1S/C24H25N5O5/c1-31-22-5-3-18-23(26-22)19(6-7-25-18)28-10-8-27(9-11-28)13-17-14-29(24(30)34-17)16-2-4-20-21(12-16)33-15-32-20/h2-7,12,17H,8-11,13-15H2,1H3. The number of carbonyl (C=O) groups excluding carboxylic acids is 1. The number of anilines is 2. The van der Waals surface area contributed by atoms with Crippen LogP contribution in [0.5, 0.6) is 17.4 Å². The fraction of sp³-hybridized carbons (Fsp3) is 0.375. The van der Waals surface area contributed by atoms with Crippen LogP contribution in [0.25, 0.3) is 11.0 Å². The van der Waals surface area contributed by atoms with E-state index in [4.69, 9.17) is 18.9 Å². The second-order valence-electron chi connectivity index (χ2n) is 8.49. The van der Waals surface area contributed by atoms with Gasteiger partial charge < -0.3 is 23.8 Å². The first kappa shape index (κ1) is 20.8. The highest BCUT2D eigenvalue weighted by molar-refractivity contribution is 5.90. The number of aromatic nitrogens is 2. The molecule has 0 saturated carbocycles. The molecule has 1 aromatic carbocycles. The molecule has 6 rings (SSSR count). The smallest absolute Gasteiger partial charge is 0.414 e. The van der Waals surface area contributed by atoms with E-state index in [9.17, 15) is 4.79 Å². The van der Waals surface area contributed by atoms with E-state index < -0.39 is 0 Å². The summed E-state index contributed by atoms with van der Waals surface area (Å²) in [6.45, 7) is 4.85. The predicted octanol–water partition coefficient (Wildman–Crippen LogP) is 2.51. The molecule has 5 heterocycles. The van der Waals surface area contributed by atoms with E-state index in [0.29, 0.717) is 30.5 Å². The second-order valence-corrected chi connectivity index (χ2v) is 8.49. The lowest BCUT2D eigenvalue weighted by Crippen LogP contribution is -2.49. The first-order valence-corrected chi connectivity index (χ1v) is 11.3. The highest BCUT2D eigenvalue weighted by atomic mass is 16.7. The van der Waals surface area contributed by atoms with Gasteiger partial charge in [-0.05, 0) is 24.3 Å². The van der Waals surface area contributed by atoms with Crippen molar-refractivity contribution in [3.63, 3.8) is 0 Å². The summed E-state index contributed by atoms with van der Waals surface area (Å²) in [6, 6.07) is 11.3. The van der Waals surface area contributed by atoms with Crippen molar-refractivity contribution in [2.75, 3.05) is 63.0 Å². The highest BCUT2D eigenvalue weighted by Crippen LogP contribution is 2.36. The number of methoxy groups -OCH3 is 1. The summed E-state index contributed by atoms with van der Waals surface area (Å²) >= 11 is 0. The molecule has 2 fully saturated rings. The molecule has 3 aromatic rings. The Balaban J connectivity index is 1.09. The fourth-order valence-corrected chi connectivity index (χ4v) is 4.70. The number of amides is 1. The number of benzene rings is 1. The van der Waals surface area contributed by atoms with Gasteiger partial charge in [-0.15, -0.1) is 0 Å². The number of nitrogens with zero attached hydrogens (tertiary/aromatic N) is 5. The topological polar surface area (TPSA) is 89.5 Å². The molecular formula is C24H25N5O5. The molecule has 0 spiro atoms. The Morgan fingerprint density at radius 3 is 2.76 bits per heavy atom. The molecule has 3 aliphatic heterocycles. The number of pyridine rings is 2. The molecule has 34 heavy (non-hydrogen) atoms. The molecule has 1 unspecified atom stereocenters. The molecular weight excluding hydrogens is 438 g/mol. The van der Waals surface area contributed by atoms with Gasteiger partial charge in [0.15, 0.2) is 11.5 Å². The number of ether oxygens (including phenoxy) is 4. The maximum Gasteiger partial charge on any atom is 0.414 e. The monoisotopic (exact) mass is 463 g/mol. The first-order valence-electron chi connectivity index (χ1n) is 11.3. The molecule has 1 atom stereocenters. The number of hydrogen-bond donors (Lipinski definition) is 0. The molecule has 0 bridgehead atoms. The molecule has 3 aliphatic rings. The van der Waals surface area contributed by atoms with Gasteiger partial charge in [-0.25, -0.2) is 9.78 Å². The Morgan fingerprint density at radius 1 is 1.06 bits per heavy atom. The van der Waals surface area contributed by atoms with E-state index in [-0.39, 0.29) is 19.0 Å². The zero-order valence-corrected chi connectivity index (χ0v) is 18.8. The summed E-state index contributed by atoms with van der Waals surface area (Å²) in [6.07, 6.45) is 1.31. The van der Waals surface area contributed by atoms with Crippen molar-refractivity contribution in [3.05, 3.63) is 42.6 Å². The molecule has 1 amide bonds. The van der Waals surface area contributed by atoms with Crippen LogP contribution in [0.1, 0.15) is 0 Å². The largest absolute Gasteiger partial charge is 0.481 e. The summed E-state index contributed by atoms with van der Waals surface area (Å²) < 4.78 is 21.8. The van der Waals surface area contributed by atoms with Crippen LogP contribution < -0.4 is 24.0 Å². The normalized spacial score (nSPS) is 20.1. The minimum absolute atomic E-state index is 0.183. The van der Waals surface area contributed by atoms with Gasteiger partial charge in [-0.2, -0.15) is 0 Å². The van der Waals surface area contributed by atoms with Crippen molar-refractivity contribution in [1.29, 1.82) is 0 Å². The van der Waals surface area contributed by atoms with Crippen LogP contribution in [-0.4, -0.2) is 80.2 Å². The average molecular weight is 463 g/mol. The highest BCUT2D eigenvalue weighted by Gasteiger charge is 2.35. The van der Waals surface area contributed by atoms with Gasteiger partial charge in [0.05, 0.1) is 30.5 Å². The van der Waals surface area contributed by atoms with E-state index in [2.05, 4.69) is 19.8 Å². The minimum Gasteiger partial charge on any atom is -0.481 e. The number of carbonyl (C=O) groups is 1. The quantitative estimate of drug-likeness (QED) is 0.566. The lowest BCUT2D eigenvalue weighted by Gasteiger charge is -2.36. The van der Waals surface area contributed by atoms with Gasteiger partial charge in [0.1, 0.15) is 11.6 Å². The third-order valence-corrected chi connectivity index (χ3v) is 6.46. The SMILES string of the molecule is COc1ccc2nccc(N3CCN(CC4CN(c5ccc6c(c5)OCO6)C(=O)O4)CC3)c2n1. The Labute approximate surface area is 196 Å². The summed E-state index contributed by atoms with van der Waals surface area (Å²) in [5, 5.41) is 0. The van der Waals surface area contributed by atoms with Gasteiger partial charge in [-0.1, -0.05) is 0 Å². The second kappa shape index (κ2) is 8.53. The van der Waals surface area contributed by atoms with E-state index in [1.165, 1.54) is 0 Å². The van der Waals surface area contributed by atoms with Crippen molar-refractivity contribution < 1.29 is 23.7 Å². The van der Waals surface area contributed by atoms with Crippen LogP contribution in [0.15, 0.2) is 42.6 Å². The lowest BCUT2D eigenvalue weighted by molar-refractivity contribution is 0.106. The number of fused-ring (bicyclic) bond motifs is 2. The molecule has 2 saturated heterocycles. The van der Waals surface area contributed by atoms with E-state index >= 15 is 0 Å². The maximum absolute atomic E-state index is 12.5. The van der Waals surface area contributed by atoms with Gasteiger partial charge in [-0.3, -0.25) is 14.8 Å². The van der Waals surface area contributed by atoms with Crippen molar-refractivity contribution >= 4 is 28.5 Å². The maximum atomic E-state index is 12.5. The Hall–Kier alpha value is -3.79. The lowest BCUT2D eigenvalue weighted by atomic mass is 10.2. The van der Waals surface area contributed by atoms with Gasteiger partial charge in [0.25, 0.3) is 0 Å². The van der Waals surface area contributed by atoms with Crippen molar-refractivity contribution in [2.45, 2.75) is 6.10 Å². The molecule has 10 nitrogen and oxygen atoms in total. The average Bonchev–Trinajstić information content (AvgIpc) is 3.49. The minimum atomic E-state index is -0.328. The number of hydrogen-bond acceptors (Lipinski definition) is 9. The molecule has 0 N–H and O–H groups in total. The summed E-state index contributed by atoms with van der Waals surface area (Å²) in [5.74, 6) is 1.93. The Bertz CT molecular complexity index is 1230. The Morgan fingerprint density at radius 2 is 1.91 bits per heavy atom.